The lowest BCUT2D eigenvalue weighted by molar-refractivity contribution is -0.149. The van der Waals surface area contributed by atoms with E-state index in [0.29, 0.717) is 18.9 Å². The third kappa shape index (κ3) is 3.69. The molecule has 0 aromatic heterocycles. The lowest BCUT2D eigenvalue weighted by Crippen LogP contribution is -2.56. The summed E-state index contributed by atoms with van der Waals surface area (Å²) >= 11 is 0. The van der Waals surface area contributed by atoms with Crippen LogP contribution in [0.1, 0.15) is 46.0 Å². The first kappa shape index (κ1) is 14.8. The van der Waals surface area contributed by atoms with Crippen molar-refractivity contribution in [3.63, 3.8) is 0 Å². The number of nitrogens with zero attached hydrogens (tertiary/aromatic N) is 1. The maximum absolute atomic E-state index is 12.0. The van der Waals surface area contributed by atoms with Crippen LogP contribution in [-0.4, -0.2) is 49.3 Å². The predicted molar refractivity (Wildman–Crippen MR) is 74.0 cm³/mol. The molecule has 0 N–H and O–H groups in total. The van der Waals surface area contributed by atoms with Crippen molar-refractivity contribution in [1.29, 1.82) is 0 Å². The summed E-state index contributed by atoms with van der Waals surface area (Å²) in [5.74, 6) is 0.661. The minimum absolute atomic E-state index is 0.0215. The molecule has 110 valence electrons. The summed E-state index contributed by atoms with van der Waals surface area (Å²) in [6.07, 6.45) is 5.29. The quantitative estimate of drug-likeness (QED) is 0.734. The first-order valence-electron chi connectivity index (χ1n) is 7.65. The molecule has 0 amide bonds. The molecule has 0 aromatic rings. The Hall–Kier alpha value is -0.610. The minimum Gasteiger partial charge on any atom is -0.466 e. The van der Waals surface area contributed by atoms with Gasteiger partial charge in [0.1, 0.15) is 0 Å². The maximum Gasteiger partial charge on any atom is 0.307 e. The molecule has 1 saturated heterocycles. The number of morpholine rings is 1. The van der Waals surface area contributed by atoms with Gasteiger partial charge in [0.25, 0.3) is 0 Å². The van der Waals surface area contributed by atoms with Crippen molar-refractivity contribution in [2.75, 3.05) is 32.9 Å². The SMILES string of the molecule is CCOC(=O)CC1(N2CCOCC2)CCCC(C)C1. The topological polar surface area (TPSA) is 38.8 Å². The summed E-state index contributed by atoms with van der Waals surface area (Å²) in [6.45, 7) is 8.14. The monoisotopic (exact) mass is 269 g/mol. The van der Waals surface area contributed by atoms with Crippen LogP contribution in [-0.2, 0) is 14.3 Å². The molecule has 0 aromatic carbocycles. The molecule has 2 unspecified atom stereocenters. The van der Waals surface area contributed by atoms with Crippen molar-refractivity contribution in [2.24, 2.45) is 5.92 Å². The van der Waals surface area contributed by atoms with Gasteiger partial charge in [0, 0.05) is 18.6 Å². The van der Waals surface area contributed by atoms with Crippen LogP contribution >= 0.6 is 0 Å². The van der Waals surface area contributed by atoms with E-state index in [0.717, 1.165) is 39.1 Å². The maximum atomic E-state index is 12.0. The number of hydrogen-bond acceptors (Lipinski definition) is 4. The standard InChI is InChI=1S/C15H27NO3/c1-3-19-14(17)12-15(6-4-5-13(2)11-15)16-7-9-18-10-8-16/h13H,3-12H2,1-2H3. The Bertz CT molecular complexity index is 302. The fourth-order valence-corrected chi connectivity index (χ4v) is 3.71. The normalized spacial score (nSPS) is 33.1. The molecule has 0 spiro atoms. The molecule has 0 radical (unpaired) electrons. The van der Waals surface area contributed by atoms with Crippen molar-refractivity contribution >= 4 is 5.97 Å². The third-order valence-corrected chi connectivity index (χ3v) is 4.53. The van der Waals surface area contributed by atoms with E-state index in [9.17, 15) is 4.79 Å². The fraction of sp³-hybridized carbons (Fsp3) is 0.933. The summed E-state index contributed by atoms with van der Waals surface area (Å²) in [5.41, 5.74) is 0.0215. The van der Waals surface area contributed by atoms with Gasteiger partial charge in [-0.3, -0.25) is 9.69 Å². The summed E-state index contributed by atoms with van der Waals surface area (Å²) in [4.78, 5) is 14.5. The zero-order chi connectivity index (χ0) is 13.7. The highest BCUT2D eigenvalue weighted by molar-refractivity contribution is 5.71. The predicted octanol–water partition coefficient (Wildman–Crippen LogP) is 2.22. The summed E-state index contributed by atoms with van der Waals surface area (Å²) in [5, 5.41) is 0. The van der Waals surface area contributed by atoms with Gasteiger partial charge in [-0.2, -0.15) is 0 Å². The van der Waals surface area contributed by atoms with E-state index in [1.807, 2.05) is 6.92 Å². The first-order chi connectivity index (χ1) is 9.16. The Balaban J connectivity index is 2.09. The molecular formula is C15H27NO3. The van der Waals surface area contributed by atoms with Crippen molar-refractivity contribution in [2.45, 2.75) is 51.5 Å². The second kappa shape index (κ2) is 6.71. The molecule has 0 bridgehead atoms. The molecule has 2 atom stereocenters. The number of ether oxygens (including phenoxy) is 2. The Morgan fingerprint density at radius 1 is 1.42 bits per heavy atom. The van der Waals surface area contributed by atoms with Crippen LogP contribution in [0.4, 0.5) is 0 Å². The van der Waals surface area contributed by atoms with Gasteiger partial charge < -0.3 is 9.47 Å². The molecule has 1 aliphatic heterocycles. The molecule has 4 nitrogen and oxygen atoms in total. The summed E-state index contributed by atoms with van der Waals surface area (Å²) < 4.78 is 10.7. The van der Waals surface area contributed by atoms with Crippen molar-refractivity contribution in [1.82, 2.24) is 4.90 Å². The van der Waals surface area contributed by atoms with Gasteiger partial charge in [0.2, 0.25) is 0 Å². The molecule has 2 aliphatic rings. The Kier molecular flexibility index (Phi) is 5.22. The average Bonchev–Trinajstić information content (AvgIpc) is 2.40. The van der Waals surface area contributed by atoms with E-state index in [-0.39, 0.29) is 11.5 Å². The highest BCUT2D eigenvalue weighted by Gasteiger charge is 2.42. The van der Waals surface area contributed by atoms with Crippen LogP contribution in [0.25, 0.3) is 0 Å². The third-order valence-electron chi connectivity index (χ3n) is 4.53. The molecule has 2 fully saturated rings. The number of carbonyl (C=O) groups is 1. The Morgan fingerprint density at radius 3 is 2.79 bits per heavy atom. The van der Waals surface area contributed by atoms with E-state index in [1.165, 1.54) is 12.8 Å². The first-order valence-corrected chi connectivity index (χ1v) is 7.65. The molecule has 1 saturated carbocycles. The second-order valence-electron chi connectivity index (χ2n) is 6.01. The Labute approximate surface area is 116 Å². The minimum atomic E-state index is -0.0388. The van der Waals surface area contributed by atoms with Gasteiger partial charge in [-0.25, -0.2) is 0 Å². The average molecular weight is 269 g/mol. The number of esters is 1. The smallest absolute Gasteiger partial charge is 0.307 e. The van der Waals surface area contributed by atoms with E-state index >= 15 is 0 Å². The second-order valence-corrected chi connectivity index (χ2v) is 6.01. The van der Waals surface area contributed by atoms with Gasteiger partial charge >= 0.3 is 5.97 Å². The largest absolute Gasteiger partial charge is 0.466 e. The molecule has 19 heavy (non-hydrogen) atoms. The molecule has 2 rings (SSSR count). The van der Waals surface area contributed by atoms with Gasteiger partial charge in [-0.05, 0) is 25.7 Å². The van der Waals surface area contributed by atoms with E-state index in [4.69, 9.17) is 9.47 Å². The number of hydrogen-bond donors (Lipinski definition) is 0. The molecule has 4 heteroatoms. The van der Waals surface area contributed by atoms with Crippen LogP contribution in [0, 0.1) is 5.92 Å². The van der Waals surface area contributed by atoms with Crippen molar-refractivity contribution < 1.29 is 14.3 Å². The van der Waals surface area contributed by atoms with E-state index in [2.05, 4.69) is 11.8 Å². The van der Waals surface area contributed by atoms with Crippen LogP contribution < -0.4 is 0 Å². The summed E-state index contributed by atoms with van der Waals surface area (Å²) in [6, 6.07) is 0. The zero-order valence-electron chi connectivity index (χ0n) is 12.3. The van der Waals surface area contributed by atoms with Crippen molar-refractivity contribution in [3.05, 3.63) is 0 Å². The summed E-state index contributed by atoms with van der Waals surface area (Å²) in [7, 11) is 0. The van der Waals surface area contributed by atoms with Crippen LogP contribution in [0.15, 0.2) is 0 Å². The number of carbonyl (C=O) groups excluding carboxylic acids is 1. The van der Waals surface area contributed by atoms with Gasteiger partial charge in [-0.1, -0.05) is 19.8 Å². The van der Waals surface area contributed by atoms with Crippen LogP contribution in [0.5, 0.6) is 0 Å². The fourth-order valence-electron chi connectivity index (χ4n) is 3.71. The van der Waals surface area contributed by atoms with Gasteiger partial charge in [0.15, 0.2) is 0 Å². The lowest BCUT2D eigenvalue weighted by atomic mass is 9.73. The van der Waals surface area contributed by atoms with Gasteiger partial charge in [-0.15, -0.1) is 0 Å². The Morgan fingerprint density at radius 2 is 2.16 bits per heavy atom. The number of rotatable bonds is 4. The lowest BCUT2D eigenvalue weighted by Gasteiger charge is -2.49. The van der Waals surface area contributed by atoms with Crippen LogP contribution in [0.2, 0.25) is 0 Å². The van der Waals surface area contributed by atoms with E-state index < -0.39 is 0 Å². The van der Waals surface area contributed by atoms with E-state index in [1.54, 1.807) is 0 Å². The molecule has 1 aliphatic carbocycles. The van der Waals surface area contributed by atoms with Crippen molar-refractivity contribution in [3.8, 4) is 0 Å². The van der Waals surface area contributed by atoms with Crippen LogP contribution in [0.3, 0.4) is 0 Å². The highest BCUT2D eigenvalue weighted by Crippen LogP contribution is 2.40. The molecular weight excluding hydrogens is 242 g/mol. The molecule has 1 heterocycles. The van der Waals surface area contributed by atoms with Gasteiger partial charge in [0.05, 0.1) is 26.2 Å². The highest BCUT2D eigenvalue weighted by atomic mass is 16.5. The zero-order valence-corrected chi connectivity index (χ0v) is 12.3.